The van der Waals surface area contributed by atoms with E-state index in [9.17, 15) is 0 Å². The summed E-state index contributed by atoms with van der Waals surface area (Å²) in [6, 6.07) is 88.6. The third-order valence-electron chi connectivity index (χ3n) is 13.7. The van der Waals surface area contributed by atoms with Gasteiger partial charge in [0.1, 0.15) is 0 Å². The van der Waals surface area contributed by atoms with Gasteiger partial charge in [0.15, 0.2) is 0 Å². The van der Waals surface area contributed by atoms with Crippen LogP contribution in [0, 0.1) is 0 Å². The van der Waals surface area contributed by atoms with E-state index in [1.807, 2.05) is 0 Å². The van der Waals surface area contributed by atoms with E-state index in [0.29, 0.717) is 0 Å². The molecule has 0 fully saturated rings. The first-order chi connectivity index (χ1) is 33.1. The zero-order chi connectivity index (χ0) is 44.7. The van der Waals surface area contributed by atoms with Crippen LogP contribution in [0.25, 0.3) is 88.3 Å². The molecular formula is C65H48N2. The number of benzene rings is 10. The van der Waals surface area contributed by atoms with Crippen molar-refractivity contribution in [1.29, 1.82) is 0 Å². The summed E-state index contributed by atoms with van der Waals surface area (Å²) in [5.74, 6) is 0. The lowest BCUT2D eigenvalue weighted by Gasteiger charge is -2.43. The van der Waals surface area contributed by atoms with Crippen molar-refractivity contribution in [3.63, 3.8) is 0 Å². The normalized spacial score (nSPS) is 14.7. The van der Waals surface area contributed by atoms with Crippen LogP contribution in [0.4, 0.5) is 11.4 Å². The van der Waals surface area contributed by atoms with E-state index < -0.39 is 0 Å². The summed E-state index contributed by atoms with van der Waals surface area (Å²) in [6.45, 7) is 2.37. The summed E-state index contributed by atoms with van der Waals surface area (Å²) in [5.41, 5.74) is 17.7. The standard InChI is InChI=1S/C65H48N2/c1-65(42-16-24-54(45-65)46-17-4-2-5-18-46)67(56-40-38-48(39-41-56)47-34-36-50(37-35-47)59-30-14-20-49-19-8-9-28-58(49)59)57-27-13-22-52(44-57)51-21-12-23-53(43-51)60-31-15-33-63-64(60)61-29-10-11-32-62(61)66(63)55-25-6-3-7-26-55/h2-44H,45H2,1H3. The van der Waals surface area contributed by atoms with Gasteiger partial charge >= 0.3 is 0 Å². The highest BCUT2D eigenvalue weighted by atomic mass is 15.2. The Morgan fingerprint density at radius 1 is 0.403 bits per heavy atom. The molecule has 0 spiro atoms. The van der Waals surface area contributed by atoms with Crippen molar-refractivity contribution >= 4 is 49.5 Å². The molecule has 67 heavy (non-hydrogen) atoms. The lowest BCUT2D eigenvalue weighted by atomic mass is 9.83. The maximum atomic E-state index is 2.54. The zero-order valence-electron chi connectivity index (χ0n) is 37.4. The van der Waals surface area contributed by atoms with Gasteiger partial charge in [0, 0.05) is 27.8 Å². The Balaban J connectivity index is 0.921. The molecule has 0 amide bonds. The highest BCUT2D eigenvalue weighted by Crippen LogP contribution is 2.44. The summed E-state index contributed by atoms with van der Waals surface area (Å²) >= 11 is 0. The fourth-order valence-corrected chi connectivity index (χ4v) is 10.5. The summed E-state index contributed by atoms with van der Waals surface area (Å²) in [6.07, 6.45) is 7.75. The molecule has 2 nitrogen and oxygen atoms in total. The minimum absolute atomic E-state index is 0.357. The monoisotopic (exact) mass is 856 g/mol. The van der Waals surface area contributed by atoms with Crippen LogP contribution in [0.1, 0.15) is 18.9 Å². The Morgan fingerprint density at radius 3 is 1.78 bits per heavy atom. The van der Waals surface area contributed by atoms with Gasteiger partial charge in [0.05, 0.1) is 16.6 Å². The maximum Gasteiger partial charge on any atom is 0.0648 e. The molecule has 1 unspecified atom stereocenters. The van der Waals surface area contributed by atoms with E-state index in [2.05, 4.69) is 277 Å². The molecule has 1 aliphatic rings. The first-order valence-electron chi connectivity index (χ1n) is 23.3. The summed E-state index contributed by atoms with van der Waals surface area (Å²) in [4.78, 5) is 2.54. The summed E-state index contributed by atoms with van der Waals surface area (Å²) < 4.78 is 2.39. The number of anilines is 2. The van der Waals surface area contributed by atoms with Gasteiger partial charge in [0.25, 0.3) is 0 Å². The molecule has 10 aromatic carbocycles. The van der Waals surface area contributed by atoms with Crippen LogP contribution in [0.15, 0.2) is 261 Å². The van der Waals surface area contributed by atoms with Gasteiger partial charge in [-0.1, -0.05) is 206 Å². The van der Waals surface area contributed by atoms with Crippen molar-refractivity contribution in [1.82, 2.24) is 4.57 Å². The highest BCUT2D eigenvalue weighted by molar-refractivity contribution is 6.16. The van der Waals surface area contributed by atoms with Crippen molar-refractivity contribution < 1.29 is 0 Å². The molecule has 0 saturated carbocycles. The van der Waals surface area contributed by atoms with Gasteiger partial charge in [-0.25, -0.2) is 0 Å². The molecule has 1 aliphatic carbocycles. The Kier molecular flexibility index (Phi) is 10.1. The van der Waals surface area contributed by atoms with Crippen LogP contribution in [0.5, 0.6) is 0 Å². The minimum Gasteiger partial charge on any atom is -0.332 e. The van der Waals surface area contributed by atoms with Crippen molar-refractivity contribution in [2.75, 3.05) is 4.90 Å². The molecule has 2 heteroatoms. The number of nitrogens with zero attached hydrogens (tertiary/aromatic N) is 2. The smallest absolute Gasteiger partial charge is 0.0648 e. The van der Waals surface area contributed by atoms with E-state index >= 15 is 0 Å². The highest BCUT2D eigenvalue weighted by Gasteiger charge is 2.34. The Morgan fingerprint density at radius 2 is 0.970 bits per heavy atom. The van der Waals surface area contributed by atoms with Gasteiger partial charge in [0.2, 0.25) is 0 Å². The third kappa shape index (κ3) is 7.34. The van der Waals surface area contributed by atoms with Gasteiger partial charge in [-0.2, -0.15) is 0 Å². The van der Waals surface area contributed by atoms with Crippen LogP contribution in [-0.2, 0) is 0 Å². The predicted molar refractivity (Wildman–Crippen MR) is 285 cm³/mol. The van der Waals surface area contributed by atoms with E-state index in [1.54, 1.807) is 0 Å². The second kappa shape index (κ2) is 16.8. The first kappa shape index (κ1) is 40.1. The maximum absolute atomic E-state index is 2.54. The van der Waals surface area contributed by atoms with Gasteiger partial charge in [-0.3, -0.25) is 0 Å². The molecule has 1 aromatic heterocycles. The molecule has 11 aromatic rings. The molecule has 318 valence electrons. The average molecular weight is 857 g/mol. The van der Waals surface area contributed by atoms with Crippen molar-refractivity contribution in [2.45, 2.75) is 18.9 Å². The van der Waals surface area contributed by atoms with Crippen molar-refractivity contribution in [3.8, 4) is 50.2 Å². The number of hydrogen-bond donors (Lipinski definition) is 0. The van der Waals surface area contributed by atoms with Gasteiger partial charge in [-0.05, 0) is 134 Å². The Labute approximate surface area is 392 Å². The molecule has 0 bridgehead atoms. The quantitative estimate of drug-likeness (QED) is 0.140. The molecule has 1 heterocycles. The SMILES string of the molecule is CC1(N(c2ccc(-c3ccc(-c4cccc5ccccc45)cc3)cc2)c2cccc(-c3cccc(-c4cccc5c4c4ccccc4n5-c4ccccc4)c3)c2)C=CC=C(c2ccccc2)C1. The van der Waals surface area contributed by atoms with Crippen LogP contribution >= 0.6 is 0 Å². The molecule has 0 radical (unpaired) electrons. The van der Waals surface area contributed by atoms with E-state index in [1.165, 1.54) is 88.2 Å². The van der Waals surface area contributed by atoms with Crippen LogP contribution in [0.3, 0.4) is 0 Å². The van der Waals surface area contributed by atoms with Crippen LogP contribution in [-0.4, -0.2) is 10.1 Å². The Bertz CT molecular complexity index is 3650. The molecule has 0 aliphatic heterocycles. The number of para-hydroxylation sites is 2. The third-order valence-corrected chi connectivity index (χ3v) is 13.7. The lowest BCUT2D eigenvalue weighted by Crippen LogP contribution is -2.43. The number of allylic oxidation sites excluding steroid dienone is 2. The topological polar surface area (TPSA) is 8.17 Å². The fourth-order valence-electron chi connectivity index (χ4n) is 10.5. The molecule has 1 atom stereocenters. The zero-order valence-corrected chi connectivity index (χ0v) is 37.4. The van der Waals surface area contributed by atoms with Crippen molar-refractivity contribution in [2.24, 2.45) is 0 Å². The van der Waals surface area contributed by atoms with Gasteiger partial charge in [-0.15, -0.1) is 0 Å². The first-order valence-corrected chi connectivity index (χ1v) is 23.3. The molecule has 12 rings (SSSR count). The van der Waals surface area contributed by atoms with E-state index in [-0.39, 0.29) is 5.54 Å². The average Bonchev–Trinajstić information content (AvgIpc) is 3.74. The lowest BCUT2D eigenvalue weighted by molar-refractivity contribution is 0.578. The number of rotatable bonds is 9. The van der Waals surface area contributed by atoms with Crippen molar-refractivity contribution in [3.05, 3.63) is 266 Å². The molecule has 0 N–H and O–H groups in total. The Hall–Kier alpha value is -8.46. The molecule has 0 saturated heterocycles. The summed E-state index contributed by atoms with van der Waals surface area (Å²) in [5, 5.41) is 5.05. The minimum atomic E-state index is -0.357. The largest absolute Gasteiger partial charge is 0.332 e. The second-order valence-corrected chi connectivity index (χ2v) is 18.0. The number of hydrogen-bond acceptors (Lipinski definition) is 1. The van der Waals surface area contributed by atoms with Crippen LogP contribution in [0.2, 0.25) is 0 Å². The van der Waals surface area contributed by atoms with Crippen LogP contribution < -0.4 is 4.90 Å². The predicted octanol–water partition coefficient (Wildman–Crippen LogP) is 17.5. The van der Waals surface area contributed by atoms with E-state index in [4.69, 9.17) is 0 Å². The van der Waals surface area contributed by atoms with E-state index in [0.717, 1.165) is 23.5 Å². The molecular weight excluding hydrogens is 809 g/mol. The number of aromatic nitrogens is 1. The van der Waals surface area contributed by atoms with Gasteiger partial charge < -0.3 is 9.47 Å². The second-order valence-electron chi connectivity index (χ2n) is 18.0. The number of fused-ring (bicyclic) bond motifs is 4. The fraction of sp³-hybridized carbons (Fsp3) is 0.0462. The summed E-state index contributed by atoms with van der Waals surface area (Å²) in [7, 11) is 0.